The smallest absolute Gasteiger partial charge is 0.354 e. The zero-order chi connectivity index (χ0) is 12.7. The molecule has 0 aliphatic rings. The summed E-state index contributed by atoms with van der Waals surface area (Å²) >= 11 is 0. The highest BCUT2D eigenvalue weighted by Crippen LogP contribution is 2.05. The first kappa shape index (κ1) is 13.8. The van der Waals surface area contributed by atoms with Gasteiger partial charge in [-0.3, -0.25) is 0 Å². The van der Waals surface area contributed by atoms with Gasteiger partial charge in [0, 0.05) is 19.3 Å². The van der Waals surface area contributed by atoms with Gasteiger partial charge in [0.05, 0.1) is 13.2 Å². The molecule has 0 unspecified atom stereocenters. The average Bonchev–Trinajstić information content (AvgIpc) is 2.72. The number of hydrogen-bond acceptors (Lipinski definition) is 3. The second-order valence-corrected chi connectivity index (χ2v) is 4.28. The van der Waals surface area contributed by atoms with Crippen LogP contribution in [0.5, 0.6) is 0 Å². The third-order valence-electron chi connectivity index (χ3n) is 2.24. The minimum Gasteiger partial charge on any atom is -0.461 e. The summed E-state index contributed by atoms with van der Waals surface area (Å²) in [6.07, 6.45) is 1.87. The van der Waals surface area contributed by atoms with E-state index in [1.807, 2.05) is 16.8 Å². The lowest BCUT2D eigenvalue weighted by Crippen LogP contribution is -2.15. The summed E-state index contributed by atoms with van der Waals surface area (Å²) in [4.78, 5) is 11.6. The van der Waals surface area contributed by atoms with E-state index in [4.69, 9.17) is 9.47 Å². The summed E-state index contributed by atoms with van der Waals surface area (Å²) in [7, 11) is 0. The van der Waals surface area contributed by atoms with Gasteiger partial charge in [-0.25, -0.2) is 4.79 Å². The van der Waals surface area contributed by atoms with Crippen LogP contribution in [0.1, 0.15) is 31.3 Å². The van der Waals surface area contributed by atoms with Crippen molar-refractivity contribution in [1.29, 1.82) is 0 Å². The third-order valence-corrected chi connectivity index (χ3v) is 2.24. The maximum atomic E-state index is 11.6. The molecule has 0 aromatic carbocycles. The molecule has 0 bridgehead atoms. The van der Waals surface area contributed by atoms with Crippen molar-refractivity contribution in [2.45, 2.75) is 27.3 Å². The van der Waals surface area contributed by atoms with Crippen LogP contribution in [0.15, 0.2) is 18.3 Å². The van der Waals surface area contributed by atoms with Crippen LogP contribution in [0.3, 0.4) is 0 Å². The molecule has 0 aliphatic heterocycles. The van der Waals surface area contributed by atoms with Crippen molar-refractivity contribution in [3.05, 3.63) is 24.0 Å². The van der Waals surface area contributed by atoms with Crippen molar-refractivity contribution in [2.24, 2.45) is 5.92 Å². The molecule has 4 nitrogen and oxygen atoms in total. The first-order valence-corrected chi connectivity index (χ1v) is 6.05. The summed E-state index contributed by atoms with van der Waals surface area (Å²) in [5, 5.41) is 0. The number of ether oxygens (including phenoxy) is 2. The second kappa shape index (κ2) is 7.12. The summed E-state index contributed by atoms with van der Waals surface area (Å²) in [5.41, 5.74) is 0.583. The van der Waals surface area contributed by atoms with Crippen LogP contribution in [0.25, 0.3) is 0 Å². The van der Waals surface area contributed by atoms with Crippen molar-refractivity contribution in [3.8, 4) is 0 Å². The fourth-order valence-corrected chi connectivity index (χ4v) is 1.48. The standard InChI is InChI=1S/C13H21NO3/c1-4-17-13(15)12-6-5-7-14(12)8-9-16-10-11(2)3/h5-7,11H,4,8-10H2,1-3H3. The predicted octanol–water partition coefficient (Wildman–Crippen LogP) is 2.34. The Morgan fingerprint density at radius 3 is 2.88 bits per heavy atom. The number of hydrogen-bond donors (Lipinski definition) is 0. The molecule has 1 aromatic heterocycles. The zero-order valence-corrected chi connectivity index (χ0v) is 10.8. The van der Waals surface area contributed by atoms with Gasteiger partial charge >= 0.3 is 5.97 Å². The van der Waals surface area contributed by atoms with Crippen LogP contribution in [0.2, 0.25) is 0 Å². The first-order chi connectivity index (χ1) is 8.15. The van der Waals surface area contributed by atoms with E-state index in [1.165, 1.54) is 0 Å². The molecule has 17 heavy (non-hydrogen) atoms. The van der Waals surface area contributed by atoms with Gasteiger partial charge in [-0.1, -0.05) is 13.8 Å². The van der Waals surface area contributed by atoms with Gasteiger partial charge in [-0.15, -0.1) is 0 Å². The molecule has 0 fully saturated rings. The minimum atomic E-state index is -0.277. The van der Waals surface area contributed by atoms with Crippen LogP contribution in [-0.4, -0.2) is 30.4 Å². The van der Waals surface area contributed by atoms with Crippen molar-refractivity contribution in [2.75, 3.05) is 19.8 Å². The fraction of sp³-hybridized carbons (Fsp3) is 0.615. The molecule has 1 heterocycles. The Morgan fingerprint density at radius 1 is 1.47 bits per heavy atom. The van der Waals surface area contributed by atoms with Crippen molar-refractivity contribution in [3.63, 3.8) is 0 Å². The van der Waals surface area contributed by atoms with Crippen LogP contribution in [0, 0.1) is 5.92 Å². The van der Waals surface area contributed by atoms with Crippen LogP contribution in [-0.2, 0) is 16.0 Å². The molecule has 0 N–H and O–H groups in total. The van der Waals surface area contributed by atoms with Gasteiger partial charge in [0.15, 0.2) is 0 Å². The lowest BCUT2D eigenvalue weighted by Gasteiger charge is -2.10. The third kappa shape index (κ3) is 4.61. The molecular weight excluding hydrogens is 218 g/mol. The Balaban J connectivity index is 2.43. The molecule has 0 saturated carbocycles. The van der Waals surface area contributed by atoms with Crippen molar-refractivity contribution >= 4 is 5.97 Å². The van der Waals surface area contributed by atoms with Gasteiger partial charge in [0.1, 0.15) is 5.69 Å². The van der Waals surface area contributed by atoms with Crippen LogP contribution < -0.4 is 0 Å². The number of esters is 1. The van der Waals surface area contributed by atoms with Gasteiger partial charge in [0.25, 0.3) is 0 Å². The summed E-state index contributed by atoms with van der Waals surface area (Å²) < 4.78 is 12.3. The number of nitrogens with zero attached hydrogens (tertiary/aromatic N) is 1. The van der Waals surface area contributed by atoms with Gasteiger partial charge in [-0.05, 0) is 25.0 Å². The molecule has 96 valence electrons. The Bertz CT molecular complexity index is 344. The topological polar surface area (TPSA) is 40.5 Å². The normalized spacial score (nSPS) is 10.8. The summed E-state index contributed by atoms with van der Waals surface area (Å²) in [6, 6.07) is 3.61. The largest absolute Gasteiger partial charge is 0.461 e. The number of carbonyl (C=O) groups excluding carboxylic acids is 1. The highest BCUT2D eigenvalue weighted by Gasteiger charge is 2.11. The Kier molecular flexibility index (Phi) is 5.77. The zero-order valence-electron chi connectivity index (χ0n) is 10.8. The highest BCUT2D eigenvalue weighted by atomic mass is 16.5. The molecule has 0 atom stereocenters. The molecule has 1 rings (SSSR count). The van der Waals surface area contributed by atoms with E-state index in [1.54, 1.807) is 13.0 Å². The van der Waals surface area contributed by atoms with E-state index in [9.17, 15) is 4.79 Å². The number of carbonyl (C=O) groups is 1. The van der Waals surface area contributed by atoms with E-state index in [0.29, 0.717) is 31.4 Å². The molecule has 0 saturated heterocycles. The molecule has 0 radical (unpaired) electrons. The molecule has 4 heteroatoms. The molecule has 0 amide bonds. The monoisotopic (exact) mass is 239 g/mol. The molecule has 0 aliphatic carbocycles. The lowest BCUT2D eigenvalue weighted by molar-refractivity contribution is 0.0508. The Hall–Kier alpha value is -1.29. The Labute approximate surface area is 103 Å². The van der Waals surface area contributed by atoms with E-state index < -0.39 is 0 Å². The maximum Gasteiger partial charge on any atom is 0.354 e. The van der Waals surface area contributed by atoms with Gasteiger partial charge < -0.3 is 14.0 Å². The van der Waals surface area contributed by atoms with Crippen LogP contribution in [0.4, 0.5) is 0 Å². The highest BCUT2D eigenvalue weighted by molar-refractivity contribution is 5.87. The minimum absolute atomic E-state index is 0.277. The maximum absolute atomic E-state index is 11.6. The summed E-state index contributed by atoms with van der Waals surface area (Å²) in [5.74, 6) is 0.255. The average molecular weight is 239 g/mol. The quantitative estimate of drug-likeness (QED) is 0.541. The summed E-state index contributed by atoms with van der Waals surface area (Å²) in [6.45, 7) is 8.45. The fourth-order valence-electron chi connectivity index (χ4n) is 1.48. The number of aromatic nitrogens is 1. The van der Waals surface area contributed by atoms with E-state index >= 15 is 0 Å². The Morgan fingerprint density at radius 2 is 2.24 bits per heavy atom. The van der Waals surface area contributed by atoms with E-state index in [2.05, 4.69) is 13.8 Å². The van der Waals surface area contributed by atoms with E-state index in [0.717, 1.165) is 6.61 Å². The molecular formula is C13H21NO3. The van der Waals surface area contributed by atoms with E-state index in [-0.39, 0.29) is 5.97 Å². The van der Waals surface area contributed by atoms with Gasteiger partial charge in [0.2, 0.25) is 0 Å². The predicted molar refractivity (Wildman–Crippen MR) is 66.0 cm³/mol. The van der Waals surface area contributed by atoms with Gasteiger partial charge in [-0.2, -0.15) is 0 Å². The molecule has 0 spiro atoms. The van der Waals surface area contributed by atoms with Crippen molar-refractivity contribution < 1.29 is 14.3 Å². The number of rotatable bonds is 7. The first-order valence-electron chi connectivity index (χ1n) is 6.05. The van der Waals surface area contributed by atoms with Crippen molar-refractivity contribution in [1.82, 2.24) is 4.57 Å². The SMILES string of the molecule is CCOC(=O)c1cccn1CCOCC(C)C. The second-order valence-electron chi connectivity index (χ2n) is 4.28. The lowest BCUT2D eigenvalue weighted by atomic mass is 10.2. The van der Waals surface area contributed by atoms with Crippen LogP contribution >= 0.6 is 0 Å². The molecule has 1 aromatic rings.